The van der Waals surface area contributed by atoms with E-state index in [2.05, 4.69) is 0 Å². The second kappa shape index (κ2) is 4.36. The number of aliphatic hydroxyl groups is 1. The lowest BCUT2D eigenvalue weighted by molar-refractivity contribution is -0.630. The molecule has 88 valence electrons. The van der Waals surface area contributed by atoms with Crippen molar-refractivity contribution in [1.29, 1.82) is 0 Å². The van der Waals surface area contributed by atoms with Crippen molar-refractivity contribution < 1.29 is 19.5 Å². The second-order valence-corrected chi connectivity index (χ2v) is 3.35. The van der Waals surface area contributed by atoms with E-state index in [0.717, 1.165) is 6.92 Å². The molecule has 0 spiro atoms. The Balaban J connectivity index is 3.23. The summed E-state index contributed by atoms with van der Waals surface area (Å²) in [6.07, 6.45) is 0. The molecule has 1 atom stereocenters. The smallest absolute Gasteiger partial charge is 0.346 e. The van der Waals surface area contributed by atoms with Gasteiger partial charge in [-0.3, -0.25) is 10.1 Å². The van der Waals surface area contributed by atoms with Crippen LogP contribution < -0.4 is 9.47 Å². The van der Waals surface area contributed by atoms with Gasteiger partial charge >= 0.3 is 5.72 Å². The van der Waals surface area contributed by atoms with Crippen molar-refractivity contribution >= 4 is 0 Å². The molecule has 0 bridgehead atoms. The van der Waals surface area contributed by atoms with Gasteiger partial charge in [-0.1, -0.05) is 0 Å². The molecule has 0 radical (unpaired) electrons. The Morgan fingerprint density at radius 3 is 2.31 bits per heavy atom. The molecule has 0 aromatic heterocycles. The van der Waals surface area contributed by atoms with Crippen LogP contribution in [-0.2, 0) is 5.72 Å². The molecule has 0 aliphatic heterocycles. The second-order valence-electron chi connectivity index (χ2n) is 3.35. The maximum Gasteiger partial charge on any atom is 0.346 e. The first-order valence-electron chi connectivity index (χ1n) is 4.53. The summed E-state index contributed by atoms with van der Waals surface area (Å²) in [7, 11) is 2.88. The molecule has 16 heavy (non-hydrogen) atoms. The van der Waals surface area contributed by atoms with E-state index in [-0.39, 0.29) is 5.56 Å². The molecule has 0 amide bonds. The van der Waals surface area contributed by atoms with Gasteiger partial charge in [-0.05, 0) is 18.2 Å². The zero-order chi connectivity index (χ0) is 12.3. The number of hydrogen-bond acceptors (Lipinski definition) is 5. The molecule has 0 heterocycles. The minimum absolute atomic E-state index is 0.134. The first kappa shape index (κ1) is 12.3. The minimum atomic E-state index is -2.14. The number of benzene rings is 1. The summed E-state index contributed by atoms with van der Waals surface area (Å²) in [5.74, 6) is 0.785. The van der Waals surface area contributed by atoms with Crippen LogP contribution in [-0.4, -0.2) is 24.2 Å². The van der Waals surface area contributed by atoms with Gasteiger partial charge < -0.3 is 14.6 Å². The third-order valence-electron chi connectivity index (χ3n) is 2.29. The summed E-state index contributed by atoms with van der Waals surface area (Å²) in [5, 5.41) is 20.3. The third-order valence-corrected chi connectivity index (χ3v) is 2.29. The topological polar surface area (TPSA) is 81.8 Å². The summed E-state index contributed by atoms with van der Waals surface area (Å²) < 4.78 is 9.98. The highest BCUT2D eigenvalue weighted by atomic mass is 16.7. The van der Waals surface area contributed by atoms with Crippen LogP contribution in [0.25, 0.3) is 0 Å². The summed E-state index contributed by atoms with van der Waals surface area (Å²) >= 11 is 0. The number of rotatable bonds is 4. The fourth-order valence-corrected chi connectivity index (χ4v) is 1.24. The summed E-state index contributed by atoms with van der Waals surface area (Å²) in [4.78, 5) is 9.89. The Kier molecular flexibility index (Phi) is 3.34. The van der Waals surface area contributed by atoms with Gasteiger partial charge in [-0.15, -0.1) is 0 Å². The van der Waals surface area contributed by atoms with E-state index < -0.39 is 10.6 Å². The van der Waals surface area contributed by atoms with E-state index in [1.807, 2.05) is 0 Å². The van der Waals surface area contributed by atoms with Crippen molar-refractivity contribution in [3.05, 3.63) is 33.9 Å². The molecule has 0 saturated carbocycles. The van der Waals surface area contributed by atoms with Crippen molar-refractivity contribution in [2.45, 2.75) is 12.6 Å². The van der Waals surface area contributed by atoms with Gasteiger partial charge in [0.05, 0.1) is 24.7 Å². The Morgan fingerprint density at radius 2 is 1.88 bits per heavy atom. The van der Waals surface area contributed by atoms with Crippen LogP contribution in [0.1, 0.15) is 12.5 Å². The minimum Gasteiger partial charge on any atom is -0.493 e. The van der Waals surface area contributed by atoms with Gasteiger partial charge in [0.25, 0.3) is 0 Å². The van der Waals surface area contributed by atoms with Crippen LogP contribution in [0.2, 0.25) is 0 Å². The molecule has 0 saturated heterocycles. The normalized spacial score (nSPS) is 14.0. The van der Waals surface area contributed by atoms with Crippen LogP contribution in [0, 0.1) is 10.1 Å². The Morgan fingerprint density at radius 1 is 1.31 bits per heavy atom. The van der Waals surface area contributed by atoms with Crippen molar-refractivity contribution in [1.82, 2.24) is 0 Å². The number of hydrogen-bond donors (Lipinski definition) is 1. The fraction of sp³-hybridized carbons (Fsp3) is 0.400. The molecular formula is C10H13NO5. The van der Waals surface area contributed by atoms with Gasteiger partial charge in [0, 0.05) is 6.92 Å². The van der Waals surface area contributed by atoms with Crippen molar-refractivity contribution in [2.75, 3.05) is 14.2 Å². The van der Waals surface area contributed by atoms with E-state index in [4.69, 9.17) is 9.47 Å². The number of nitrogens with zero attached hydrogens (tertiary/aromatic N) is 1. The SMILES string of the molecule is COc1ccc(C(C)(O)[N+](=O)[O-])cc1OC. The lowest BCUT2D eigenvalue weighted by Gasteiger charge is -2.16. The molecule has 1 unspecified atom stereocenters. The quantitative estimate of drug-likeness (QED) is 0.474. The van der Waals surface area contributed by atoms with Gasteiger partial charge in [0.2, 0.25) is 0 Å². The maximum atomic E-state index is 10.7. The Labute approximate surface area is 92.6 Å². The van der Waals surface area contributed by atoms with Gasteiger partial charge in [-0.2, -0.15) is 0 Å². The van der Waals surface area contributed by atoms with Gasteiger partial charge in [0.15, 0.2) is 11.5 Å². The molecule has 1 N–H and O–H groups in total. The molecule has 6 nitrogen and oxygen atoms in total. The van der Waals surface area contributed by atoms with Gasteiger partial charge in [-0.25, -0.2) is 0 Å². The monoisotopic (exact) mass is 227 g/mol. The highest BCUT2D eigenvalue weighted by Gasteiger charge is 2.37. The largest absolute Gasteiger partial charge is 0.493 e. The summed E-state index contributed by atoms with van der Waals surface area (Å²) in [5.41, 5.74) is -2.00. The molecule has 0 aliphatic carbocycles. The first-order valence-corrected chi connectivity index (χ1v) is 4.53. The lowest BCUT2D eigenvalue weighted by atomic mass is 10.0. The molecule has 1 aromatic carbocycles. The van der Waals surface area contributed by atoms with Crippen LogP contribution in [0.4, 0.5) is 0 Å². The van der Waals surface area contributed by atoms with E-state index in [1.54, 1.807) is 0 Å². The predicted molar refractivity (Wildman–Crippen MR) is 56.1 cm³/mol. The third kappa shape index (κ3) is 2.06. The zero-order valence-electron chi connectivity index (χ0n) is 9.26. The zero-order valence-corrected chi connectivity index (χ0v) is 9.26. The maximum absolute atomic E-state index is 10.7. The highest BCUT2D eigenvalue weighted by Crippen LogP contribution is 2.32. The first-order chi connectivity index (χ1) is 7.43. The van der Waals surface area contributed by atoms with E-state index in [1.165, 1.54) is 32.4 Å². The molecular weight excluding hydrogens is 214 g/mol. The molecule has 0 aliphatic rings. The molecule has 0 fully saturated rings. The average molecular weight is 227 g/mol. The fourth-order valence-electron chi connectivity index (χ4n) is 1.24. The van der Waals surface area contributed by atoms with Crippen LogP contribution >= 0.6 is 0 Å². The van der Waals surface area contributed by atoms with E-state index in [0.29, 0.717) is 11.5 Å². The summed E-state index contributed by atoms with van der Waals surface area (Å²) in [6.45, 7) is 1.11. The van der Waals surface area contributed by atoms with Crippen LogP contribution in [0.5, 0.6) is 11.5 Å². The summed E-state index contributed by atoms with van der Waals surface area (Å²) in [6, 6.07) is 4.30. The van der Waals surface area contributed by atoms with Crippen molar-refractivity contribution in [3.8, 4) is 11.5 Å². The van der Waals surface area contributed by atoms with Crippen LogP contribution in [0.3, 0.4) is 0 Å². The average Bonchev–Trinajstić information content (AvgIpc) is 2.27. The van der Waals surface area contributed by atoms with Crippen molar-refractivity contribution in [2.24, 2.45) is 0 Å². The number of ether oxygens (including phenoxy) is 2. The molecule has 6 heteroatoms. The lowest BCUT2D eigenvalue weighted by Crippen LogP contribution is -2.31. The van der Waals surface area contributed by atoms with Crippen molar-refractivity contribution in [3.63, 3.8) is 0 Å². The Hall–Kier alpha value is -1.82. The van der Waals surface area contributed by atoms with E-state index >= 15 is 0 Å². The molecule has 1 aromatic rings. The number of nitro groups is 1. The van der Waals surface area contributed by atoms with E-state index in [9.17, 15) is 15.2 Å². The predicted octanol–water partition coefficient (Wildman–Crippen LogP) is 1.15. The van der Waals surface area contributed by atoms with Crippen LogP contribution in [0.15, 0.2) is 18.2 Å². The standard InChI is InChI=1S/C10H13NO5/c1-10(12,11(13)14)7-4-5-8(15-2)9(6-7)16-3/h4-6,12H,1-3H3. The van der Waals surface area contributed by atoms with Gasteiger partial charge in [0.1, 0.15) is 0 Å². The highest BCUT2D eigenvalue weighted by molar-refractivity contribution is 5.43. The Bertz CT molecular complexity index is 402. The number of methoxy groups -OCH3 is 2. The molecule has 1 rings (SSSR count).